The van der Waals surface area contributed by atoms with Crippen LogP contribution in [0.2, 0.25) is 0 Å². The van der Waals surface area contributed by atoms with Gasteiger partial charge in [0.05, 0.1) is 10.9 Å². The molecule has 3 heterocycles. The highest BCUT2D eigenvalue weighted by atomic mass is 32.1. The molecule has 1 aromatic carbocycles. The number of aryl methyl sites for hydroxylation is 1. The van der Waals surface area contributed by atoms with E-state index in [0.717, 1.165) is 44.5 Å². The smallest absolute Gasteiger partial charge is 0.261 e. The van der Waals surface area contributed by atoms with Crippen molar-refractivity contribution in [3.8, 4) is 0 Å². The van der Waals surface area contributed by atoms with Crippen LogP contribution in [0.3, 0.4) is 0 Å². The topological polar surface area (TPSA) is 64.0 Å². The number of fused-ring (bicyclic) bond motifs is 2. The number of aromatic nitrogens is 2. The third-order valence-corrected chi connectivity index (χ3v) is 5.59. The van der Waals surface area contributed by atoms with Crippen LogP contribution in [0.4, 0.5) is 0 Å². The van der Waals surface area contributed by atoms with Crippen molar-refractivity contribution in [3.63, 3.8) is 0 Å². The van der Waals surface area contributed by atoms with Crippen LogP contribution >= 0.6 is 11.3 Å². The summed E-state index contributed by atoms with van der Waals surface area (Å²) in [6.07, 6.45) is 4.83. The van der Waals surface area contributed by atoms with Crippen LogP contribution in [0, 0.1) is 0 Å². The zero-order chi connectivity index (χ0) is 17.9. The Bertz CT molecular complexity index is 992. The maximum absolute atomic E-state index is 12.7. The molecule has 1 amide bonds. The maximum Gasteiger partial charge on any atom is 0.261 e. The van der Waals surface area contributed by atoms with Gasteiger partial charge in [0.2, 0.25) is 0 Å². The molecule has 0 fully saturated rings. The molecule has 1 N–H and O–H groups in total. The number of nitrogens with zero attached hydrogens (tertiary/aromatic N) is 2. The fraction of sp³-hybridized carbons (Fsp3) is 0.350. The Morgan fingerprint density at radius 3 is 3.00 bits per heavy atom. The lowest BCUT2D eigenvalue weighted by molar-refractivity contribution is 0.0954. The molecular weight excluding hydrogens is 346 g/mol. The molecule has 0 atom stereocenters. The first-order chi connectivity index (χ1) is 12.7. The van der Waals surface area contributed by atoms with Crippen LogP contribution in [-0.2, 0) is 19.4 Å². The number of nitrogens with one attached hydrogen (secondary N) is 1. The average Bonchev–Trinajstić information content (AvgIpc) is 3.05. The molecule has 0 aliphatic carbocycles. The molecule has 134 valence electrons. The molecule has 3 aromatic rings. The predicted molar refractivity (Wildman–Crippen MR) is 104 cm³/mol. The fourth-order valence-corrected chi connectivity index (χ4v) is 4.12. The van der Waals surface area contributed by atoms with E-state index >= 15 is 0 Å². The molecule has 0 saturated carbocycles. The van der Waals surface area contributed by atoms with Gasteiger partial charge < -0.3 is 5.32 Å². The summed E-state index contributed by atoms with van der Waals surface area (Å²) in [6, 6.07) is 7.25. The van der Waals surface area contributed by atoms with Gasteiger partial charge in [0.25, 0.3) is 11.5 Å². The van der Waals surface area contributed by atoms with E-state index in [1.165, 1.54) is 5.56 Å². The van der Waals surface area contributed by atoms with Crippen molar-refractivity contribution in [2.75, 3.05) is 6.54 Å². The van der Waals surface area contributed by atoms with E-state index in [2.05, 4.69) is 21.7 Å². The highest BCUT2D eigenvalue weighted by molar-refractivity contribution is 7.07. The SMILES string of the molecule is O=C(NCCc1ccsc1)c1ccc2c(=O)n3c(nc2c1)CCCCC3. The summed E-state index contributed by atoms with van der Waals surface area (Å²) in [7, 11) is 0. The molecule has 6 heteroatoms. The summed E-state index contributed by atoms with van der Waals surface area (Å²) in [6.45, 7) is 1.33. The van der Waals surface area contributed by atoms with Gasteiger partial charge in [0, 0.05) is 25.1 Å². The number of carbonyl (C=O) groups excluding carboxylic acids is 1. The van der Waals surface area contributed by atoms with Gasteiger partial charge in [-0.2, -0.15) is 11.3 Å². The molecule has 0 unspecified atom stereocenters. The molecule has 1 aliphatic rings. The molecular formula is C20H21N3O2S. The minimum absolute atomic E-state index is 0.0105. The lowest BCUT2D eigenvalue weighted by Gasteiger charge is -2.11. The van der Waals surface area contributed by atoms with Crippen molar-refractivity contribution in [2.45, 2.75) is 38.6 Å². The second-order valence-corrected chi connectivity index (χ2v) is 7.44. The van der Waals surface area contributed by atoms with Crippen LogP contribution < -0.4 is 10.9 Å². The number of hydrogen-bond acceptors (Lipinski definition) is 4. The van der Waals surface area contributed by atoms with Gasteiger partial charge in [-0.15, -0.1) is 0 Å². The zero-order valence-corrected chi connectivity index (χ0v) is 15.3. The Morgan fingerprint density at radius 1 is 1.23 bits per heavy atom. The molecule has 0 spiro atoms. The zero-order valence-electron chi connectivity index (χ0n) is 14.5. The minimum atomic E-state index is -0.126. The number of thiophene rings is 1. The van der Waals surface area contributed by atoms with Crippen LogP contribution in [0.15, 0.2) is 39.8 Å². The first-order valence-electron chi connectivity index (χ1n) is 9.05. The Kier molecular flexibility index (Phi) is 4.84. The van der Waals surface area contributed by atoms with Crippen molar-refractivity contribution in [1.29, 1.82) is 0 Å². The van der Waals surface area contributed by atoms with Crippen molar-refractivity contribution in [3.05, 3.63) is 62.3 Å². The monoisotopic (exact) mass is 367 g/mol. The van der Waals surface area contributed by atoms with E-state index in [1.807, 2.05) is 5.38 Å². The summed E-state index contributed by atoms with van der Waals surface area (Å²) in [5, 5.41) is 7.66. The summed E-state index contributed by atoms with van der Waals surface area (Å²) in [5.74, 6) is 0.717. The Labute approximate surface area is 155 Å². The molecule has 5 nitrogen and oxygen atoms in total. The Morgan fingerprint density at radius 2 is 2.15 bits per heavy atom. The molecule has 0 saturated heterocycles. The van der Waals surface area contributed by atoms with E-state index in [9.17, 15) is 9.59 Å². The molecule has 0 radical (unpaired) electrons. The lowest BCUT2D eigenvalue weighted by Crippen LogP contribution is -2.27. The largest absolute Gasteiger partial charge is 0.352 e. The van der Waals surface area contributed by atoms with Crippen molar-refractivity contribution in [2.24, 2.45) is 0 Å². The molecule has 2 aromatic heterocycles. The van der Waals surface area contributed by atoms with E-state index in [-0.39, 0.29) is 11.5 Å². The number of rotatable bonds is 4. The van der Waals surface area contributed by atoms with E-state index < -0.39 is 0 Å². The summed E-state index contributed by atoms with van der Waals surface area (Å²) >= 11 is 1.66. The lowest BCUT2D eigenvalue weighted by atomic mass is 10.1. The van der Waals surface area contributed by atoms with Gasteiger partial charge in [-0.05, 0) is 59.9 Å². The molecule has 26 heavy (non-hydrogen) atoms. The molecule has 0 bridgehead atoms. The quantitative estimate of drug-likeness (QED) is 0.770. The molecule has 1 aliphatic heterocycles. The fourth-order valence-electron chi connectivity index (χ4n) is 3.42. The van der Waals surface area contributed by atoms with Gasteiger partial charge >= 0.3 is 0 Å². The normalized spacial score (nSPS) is 14.0. The standard InChI is InChI=1S/C20H21N3O2S/c24-19(21-9-7-14-8-11-26-13-14)15-5-6-16-17(12-15)22-18-4-2-1-3-10-23(18)20(16)25/h5-6,8,11-13H,1-4,7,9-10H2,(H,21,24). The summed E-state index contributed by atoms with van der Waals surface area (Å²) in [5.41, 5.74) is 2.41. The first-order valence-corrected chi connectivity index (χ1v) is 9.99. The van der Waals surface area contributed by atoms with Crippen LogP contribution in [0.25, 0.3) is 10.9 Å². The van der Waals surface area contributed by atoms with Gasteiger partial charge in [0.15, 0.2) is 0 Å². The van der Waals surface area contributed by atoms with Gasteiger partial charge in [-0.25, -0.2) is 4.98 Å². The van der Waals surface area contributed by atoms with Crippen molar-refractivity contribution >= 4 is 28.1 Å². The average molecular weight is 367 g/mol. The summed E-state index contributed by atoms with van der Waals surface area (Å²) in [4.78, 5) is 29.8. The third-order valence-electron chi connectivity index (χ3n) is 4.86. The molecule has 4 rings (SSSR count). The van der Waals surface area contributed by atoms with E-state index in [1.54, 1.807) is 34.1 Å². The maximum atomic E-state index is 12.7. The number of hydrogen-bond donors (Lipinski definition) is 1. The highest BCUT2D eigenvalue weighted by Gasteiger charge is 2.15. The third kappa shape index (κ3) is 3.42. The van der Waals surface area contributed by atoms with Gasteiger partial charge in [0.1, 0.15) is 5.82 Å². The summed E-state index contributed by atoms with van der Waals surface area (Å²) < 4.78 is 1.80. The van der Waals surface area contributed by atoms with E-state index in [4.69, 9.17) is 0 Å². The second-order valence-electron chi connectivity index (χ2n) is 6.66. The highest BCUT2D eigenvalue weighted by Crippen LogP contribution is 2.16. The van der Waals surface area contributed by atoms with Crippen molar-refractivity contribution in [1.82, 2.24) is 14.9 Å². The Hall–Kier alpha value is -2.47. The number of carbonyl (C=O) groups is 1. The van der Waals surface area contributed by atoms with Crippen molar-refractivity contribution < 1.29 is 4.79 Å². The Balaban J connectivity index is 1.56. The van der Waals surface area contributed by atoms with Gasteiger partial charge in [-0.3, -0.25) is 14.2 Å². The van der Waals surface area contributed by atoms with E-state index in [0.29, 0.717) is 23.0 Å². The first kappa shape index (κ1) is 17.0. The number of benzene rings is 1. The predicted octanol–water partition coefficient (Wildman–Crippen LogP) is 3.16. The number of amides is 1. The van der Waals surface area contributed by atoms with Crippen LogP contribution in [-0.4, -0.2) is 22.0 Å². The second kappa shape index (κ2) is 7.41. The van der Waals surface area contributed by atoms with Gasteiger partial charge in [-0.1, -0.05) is 6.42 Å². The minimum Gasteiger partial charge on any atom is -0.352 e. The van der Waals surface area contributed by atoms with Crippen LogP contribution in [0.1, 0.15) is 41.0 Å². The van der Waals surface area contributed by atoms with Crippen LogP contribution in [0.5, 0.6) is 0 Å².